The van der Waals surface area contributed by atoms with Crippen molar-refractivity contribution in [1.82, 2.24) is 0 Å². The highest BCUT2D eigenvalue weighted by atomic mass is 16.3. The first-order valence-corrected chi connectivity index (χ1v) is 36.3. The molecule has 0 radical (unpaired) electrons. The van der Waals surface area contributed by atoms with Crippen LogP contribution in [-0.2, 0) is 0 Å². The quantitative estimate of drug-likeness (QED) is 0.135. The van der Waals surface area contributed by atoms with Gasteiger partial charge in [0.15, 0.2) is 0 Å². The lowest BCUT2D eigenvalue weighted by molar-refractivity contribution is 0.556. The summed E-state index contributed by atoms with van der Waals surface area (Å²) in [4.78, 5) is 0. The maximum Gasteiger partial charge on any atom is 0.143 e. The third-order valence-electron chi connectivity index (χ3n) is 22.6. The van der Waals surface area contributed by atoms with Crippen LogP contribution in [0.5, 0.6) is 0 Å². The number of furan rings is 4. The first-order valence-electron chi connectivity index (χ1n) is 36.3. The molecule has 0 bridgehead atoms. The summed E-state index contributed by atoms with van der Waals surface area (Å²) in [5.41, 5.74) is 27.2. The molecule has 490 valence electrons. The lowest BCUT2D eigenvalue weighted by atomic mass is 9.77. The van der Waals surface area contributed by atoms with E-state index < -0.39 is 0 Å². The maximum atomic E-state index is 7.08. The van der Waals surface area contributed by atoms with Gasteiger partial charge in [-0.3, -0.25) is 0 Å². The Balaban J connectivity index is 0.574. The fourth-order valence-electron chi connectivity index (χ4n) is 17.8. The van der Waals surface area contributed by atoms with Crippen molar-refractivity contribution in [3.8, 4) is 89.0 Å². The second-order valence-corrected chi connectivity index (χ2v) is 28.4. The summed E-state index contributed by atoms with van der Waals surface area (Å²) in [6, 6.07) is 122. The standard InChI is InChI=1S/C101H62O4/c1-59-38-53-92-98(85-35-16-31-71(100(85)105-92)62-43-49-65(50-44-62)96-78-26-6-8-28-80(78)97(81-29-9-7-27-79(81)96)69-19-14-18-66(56-69)68-52-54-90-86(58-68)73-21-11-12-36-88(73)102-90)93(59)84-34-17-33-83-87-57-67(51-55-91(87)104-101(83)84)60-39-45-63(46-40-60)94-74-22-2-4-24-76(74)95(77-25-5-3-23-75(77)94)64-47-41-61(42-48-64)70-30-15-32-82-72-20-10-13-37-89(72)103-99(70)82/h2-59,93H,1H3. The molecule has 0 aliphatic heterocycles. The Morgan fingerprint density at radius 1 is 0.219 bits per heavy atom. The third kappa shape index (κ3) is 9.19. The van der Waals surface area contributed by atoms with Crippen molar-refractivity contribution in [2.24, 2.45) is 5.92 Å². The van der Waals surface area contributed by atoms with E-state index in [1.807, 2.05) is 24.3 Å². The zero-order valence-electron chi connectivity index (χ0n) is 57.2. The van der Waals surface area contributed by atoms with Crippen molar-refractivity contribution in [2.75, 3.05) is 0 Å². The van der Waals surface area contributed by atoms with Gasteiger partial charge in [-0.2, -0.15) is 0 Å². The highest BCUT2D eigenvalue weighted by Gasteiger charge is 2.34. The second kappa shape index (κ2) is 23.2. The van der Waals surface area contributed by atoms with Crippen LogP contribution >= 0.6 is 0 Å². The van der Waals surface area contributed by atoms with Crippen molar-refractivity contribution in [3.05, 3.63) is 357 Å². The van der Waals surface area contributed by atoms with Gasteiger partial charge in [0.1, 0.15) is 44.8 Å². The van der Waals surface area contributed by atoms with Gasteiger partial charge in [0.05, 0.1) is 0 Å². The smallest absolute Gasteiger partial charge is 0.143 e. The van der Waals surface area contributed by atoms with E-state index in [1.54, 1.807) is 0 Å². The molecule has 17 aromatic carbocycles. The van der Waals surface area contributed by atoms with Gasteiger partial charge in [-0.15, -0.1) is 0 Å². The molecule has 2 atom stereocenters. The summed E-state index contributed by atoms with van der Waals surface area (Å²) < 4.78 is 26.8. The van der Waals surface area contributed by atoms with Crippen LogP contribution in [0, 0.1) is 5.92 Å². The molecule has 0 saturated heterocycles. The summed E-state index contributed by atoms with van der Waals surface area (Å²) in [5.74, 6) is 1.04. The number of hydrogen-bond acceptors (Lipinski definition) is 4. The highest BCUT2D eigenvalue weighted by molar-refractivity contribution is 6.24. The summed E-state index contributed by atoms with van der Waals surface area (Å²) in [6.07, 6.45) is 4.49. The van der Waals surface area contributed by atoms with E-state index in [4.69, 9.17) is 17.7 Å². The molecular formula is C101H62O4. The SMILES string of the molecule is CC1C=Cc2oc3c(-c4ccc(-c5c6ccccc6c(-c6cccc(-c7ccc8oc9ccccc9c8c7)c6)c6ccccc56)cc4)cccc3c2C1c1cccc2c1oc1ccc(-c3ccc(-c4c5ccccc5c(-c5ccc(-c6cccc7c6oc6ccccc67)cc5)c5ccccc45)cc3)cc12. The van der Waals surface area contributed by atoms with Crippen LogP contribution in [0.3, 0.4) is 0 Å². The Labute approximate surface area is 604 Å². The molecule has 4 heteroatoms. The molecule has 4 heterocycles. The second-order valence-electron chi connectivity index (χ2n) is 28.4. The number of hydrogen-bond donors (Lipinski definition) is 0. The predicted molar refractivity (Wildman–Crippen MR) is 438 cm³/mol. The Kier molecular flexibility index (Phi) is 13.1. The molecule has 0 amide bonds. The summed E-state index contributed by atoms with van der Waals surface area (Å²) in [6.45, 7) is 2.32. The normalized spacial score (nSPS) is 13.9. The topological polar surface area (TPSA) is 52.6 Å². The van der Waals surface area contributed by atoms with Crippen LogP contribution in [-0.4, -0.2) is 0 Å². The average molecular weight is 1340 g/mol. The van der Waals surface area contributed by atoms with E-state index in [-0.39, 0.29) is 11.8 Å². The lowest BCUT2D eigenvalue weighted by Gasteiger charge is -2.25. The monoisotopic (exact) mass is 1340 g/mol. The fourth-order valence-corrected chi connectivity index (χ4v) is 17.8. The van der Waals surface area contributed by atoms with E-state index in [0.29, 0.717) is 0 Å². The molecule has 0 saturated carbocycles. The molecule has 22 rings (SSSR count). The molecule has 1 aliphatic rings. The average Bonchev–Trinajstić information content (AvgIpc) is 1.58. The number of benzene rings is 17. The molecule has 4 nitrogen and oxygen atoms in total. The number of allylic oxidation sites excluding steroid dienone is 1. The van der Waals surface area contributed by atoms with Gasteiger partial charge in [0.2, 0.25) is 0 Å². The van der Waals surface area contributed by atoms with Crippen LogP contribution in [0.2, 0.25) is 0 Å². The largest absolute Gasteiger partial charge is 0.456 e. The van der Waals surface area contributed by atoms with Crippen LogP contribution in [0.1, 0.15) is 29.7 Å². The summed E-state index contributed by atoms with van der Waals surface area (Å²) in [7, 11) is 0. The zero-order chi connectivity index (χ0) is 69.0. The van der Waals surface area contributed by atoms with Crippen LogP contribution in [0.25, 0.3) is 215 Å². The molecule has 0 fully saturated rings. The summed E-state index contributed by atoms with van der Waals surface area (Å²) in [5, 5.41) is 17.6. The van der Waals surface area contributed by atoms with Crippen molar-refractivity contribution in [3.63, 3.8) is 0 Å². The van der Waals surface area contributed by atoms with E-state index >= 15 is 0 Å². The molecule has 105 heavy (non-hydrogen) atoms. The molecule has 0 spiro atoms. The minimum atomic E-state index is -0.0172. The minimum absolute atomic E-state index is 0.0172. The zero-order valence-corrected chi connectivity index (χ0v) is 57.2. The van der Waals surface area contributed by atoms with E-state index in [1.165, 1.54) is 87.6 Å². The van der Waals surface area contributed by atoms with Crippen LogP contribution < -0.4 is 0 Å². The minimum Gasteiger partial charge on any atom is -0.456 e. The van der Waals surface area contributed by atoms with Gasteiger partial charge in [0, 0.05) is 65.9 Å². The fraction of sp³-hybridized carbons (Fsp3) is 0.0297. The Morgan fingerprint density at radius 2 is 0.562 bits per heavy atom. The molecule has 21 aromatic rings. The van der Waals surface area contributed by atoms with Gasteiger partial charge < -0.3 is 17.7 Å². The van der Waals surface area contributed by atoms with Gasteiger partial charge >= 0.3 is 0 Å². The van der Waals surface area contributed by atoms with Gasteiger partial charge in [-0.25, -0.2) is 0 Å². The van der Waals surface area contributed by atoms with E-state index in [0.717, 1.165) is 138 Å². The van der Waals surface area contributed by atoms with E-state index in [9.17, 15) is 0 Å². The van der Waals surface area contributed by atoms with Gasteiger partial charge in [0.25, 0.3) is 0 Å². The van der Waals surface area contributed by atoms with Crippen molar-refractivity contribution >= 4 is 126 Å². The number of para-hydroxylation sites is 5. The predicted octanol–water partition coefficient (Wildman–Crippen LogP) is 28.9. The van der Waals surface area contributed by atoms with E-state index in [2.05, 4.69) is 328 Å². The molecule has 4 aromatic heterocycles. The van der Waals surface area contributed by atoms with Crippen molar-refractivity contribution in [2.45, 2.75) is 12.8 Å². The first-order chi connectivity index (χ1) is 52.0. The number of rotatable bonds is 9. The Hall–Kier alpha value is -13.5. The highest BCUT2D eigenvalue weighted by Crippen LogP contribution is 2.52. The maximum absolute atomic E-state index is 7.08. The third-order valence-corrected chi connectivity index (χ3v) is 22.6. The molecule has 0 N–H and O–H groups in total. The van der Waals surface area contributed by atoms with Crippen molar-refractivity contribution in [1.29, 1.82) is 0 Å². The summed E-state index contributed by atoms with van der Waals surface area (Å²) >= 11 is 0. The Morgan fingerprint density at radius 3 is 1.10 bits per heavy atom. The number of fused-ring (bicyclic) bond motifs is 16. The van der Waals surface area contributed by atoms with Gasteiger partial charge in [-0.1, -0.05) is 304 Å². The first kappa shape index (κ1) is 59.2. The van der Waals surface area contributed by atoms with Gasteiger partial charge in [-0.05, 0) is 175 Å². The molecule has 2 unspecified atom stereocenters. The van der Waals surface area contributed by atoms with Crippen molar-refractivity contribution < 1.29 is 17.7 Å². The van der Waals surface area contributed by atoms with Crippen LogP contribution in [0.15, 0.2) is 357 Å². The van der Waals surface area contributed by atoms with Crippen LogP contribution in [0.4, 0.5) is 0 Å². The molecular weight excluding hydrogens is 1280 g/mol. The lowest BCUT2D eigenvalue weighted by Crippen LogP contribution is -2.13. The molecule has 1 aliphatic carbocycles. The Bertz CT molecular complexity index is 7100.